The molecule has 2 rings (SSSR count). The molecule has 0 radical (unpaired) electrons. The second-order valence-electron chi connectivity index (χ2n) is 6.39. The van der Waals surface area contributed by atoms with Crippen molar-refractivity contribution in [3.8, 4) is 0 Å². The van der Waals surface area contributed by atoms with E-state index in [1.807, 2.05) is 24.3 Å². The van der Waals surface area contributed by atoms with Gasteiger partial charge in [-0.2, -0.15) is 0 Å². The van der Waals surface area contributed by atoms with E-state index < -0.39 is 12.0 Å². The Bertz CT molecular complexity index is 816. The fraction of sp³-hybridized carbons (Fsp3) is 0.350. The lowest BCUT2D eigenvalue weighted by molar-refractivity contribution is -0.139. The molecule has 0 saturated heterocycles. The topological polar surface area (TPSA) is 131 Å². The highest BCUT2D eigenvalue weighted by Crippen LogP contribution is 2.32. The van der Waals surface area contributed by atoms with E-state index in [1.165, 1.54) is 16.9 Å². The first kappa shape index (κ1) is 21.4. The van der Waals surface area contributed by atoms with Crippen molar-refractivity contribution in [2.75, 3.05) is 6.54 Å². The number of nitrogens with one attached hydrogen (secondary N) is 1. The first-order valence-electron chi connectivity index (χ1n) is 9.16. The molecule has 1 unspecified atom stereocenters. The lowest BCUT2D eigenvalue weighted by Crippen LogP contribution is -2.40. The number of carboxylic acids is 1. The molecule has 7 nitrogen and oxygen atoms in total. The molecule has 0 bridgehead atoms. The zero-order chi connectivity index (χ0) is 20.5. The number of guanidine groups is 1. The molecule has 0 aliphatic carbocycles. The molecule has 0 spiro atoms. The molecule has 1 heterocycles. The number of thiophene rings is 1. The Hall–Kier alpha value is -2.87. The summed E-state index contributed by atoms with van der Waals surface area (Å²) in [5, 5.41) is 12.0. The lowest BCUT2D eigenvalue weighted by Gasteiger charge is -2.14. The van der Waals surface area contributed by atoms with Crippen molar-refractivity contribution in [3.05, 3.63) is 57.8 Å². The van der Waals surface area contributed by atoms with Gasteiger partial charge in [0.25, 0.3) is 5.91 Å². The van der Waals surface area contributed by atoms with Gasteiger partial charge in [0.2, 0.25) is 0 Å². The van der Waals surface area contributed by atoms with Crippen molar-refractivity contribution in [2.45, 2.75) is 38.1 Å². The molecular weight excluding hydrogens is 376 g/mol. The Balaban J connectivity index is 2.03. The second kappa shape index (κ2) is 10.5. The summed E-state index contributed by atoms with van der Waals surface area (Å²) in [5.74, 6) is -1.28. The molecule has 28 heavy (non-hydrogen) atoms. The van der Waals surface area contributed by atoms with E-state index in [-0.39, 0.29) is 24.2 Å². The van der Waals surface area contributed by atoms with Crippen LogP contribution in [0.5, 0.6) is 0 Å². The molecule has 0 aliphatic rings. The molecule has 1 aromatic heterocycles. The van der Waals surface area contributed by atoms with Gasteiger partial charge in [-0.05, 0) is 37.0 Å². The van der Waals surface area contributed by atoms with Crippen LogP contribution in [-0.4, -0.2) is 35.5 Å². The predicted octanol–water partition coefficient (Wildman–Crippen LogP) is 2.53. The van der Waals surface area contributed by atoms with Crippen LogP contribution in [0.4, 0.5) is 0 Å². The fourth-order valence-corrected chi connectivity index (χ4v) is 4.06. The third kappa shape index (κ3) is 6.09. The Kier molecular flexibility index (Phi) is 8.01. The normalized spacial score (nSPS) is 12.8. The van der Waals surface area contributed by atoms with E-state index in [4.69, 9.17) is 11.5 Å². The van der Waals surface area contributed by atoms with E-state index in [0.717, 1.165) is 11.3 Å². The lowest BCUT2D eigenvalue weighted by atomic mass is 9.95. The molecule has 2 aromatic rings. The van der Waals surface area contributed by atoms with Gasteiger partial charge in [0.05, 0.1) is 4.88 Å². The number of carboxylic acid groups (broad SMARTS) is 1. The van der Waals surface area contributed by atoms with Gasteiger partial charge in [0, 0.05) is 17.3 Å². The molecule has 1 amide bonds. The van der Waals surface area contributed by atoms with Crippen molar-refractivity contribution in [1.29, 1.82) is 0 Å². The summed E-state index contributed by atoms with van der Waals surface area (Å²) < 4.78 is 0. The molecule has 2 atom stereocenters. The number of carbonyl (C=O) groups excluding carboxylic acids is 1. The molecule has 0 saturated carbocycles. The molecule has 6 N–H and O–H groups in total. The fourth-order valence-electron chi connectivity index (χ4n) is 2.94. The third-order valence-electron chi connectivity index (χ3n) is 4.35. The van der Waals surface area contributed by atoms with E-state index in [1.54, 1.807) is 6.07 Å². The van der Waals surface area contributed by atoms with Crippen molar-refractivity contribution < 1.29 is 14.7 Å². The van der Waals surface area contributed by atoms with Crippen LogP contribution >= 0.6 is 11.3 Å². The predicted molar refractivity (Wildman–Crippen MR) is 112 cm³/mol. The second-order valence-corrected chi connectivity index (χ2v) is 7.50. The van der Waals surface area contributed by atoms with Crippen molar-refractivity contribution in [2.24, 2.45) is 16.5 Å². The average Bonchev–Trinajstić information content (AvgIpc) is 3.15. The van der Waals surface area contributed by atoms with Crippen LogP contribution in [0.3, 0.4) is 0 Å². The highest BCUT2D eigenvalue weighted by Gasteiger charge is 2.22. The van der Waals surface area contributed by atoms with Gasteiger partial charge in [-0.3, -0.25) is 9.79 Å². The molecule has 0 aliphatic heterocycles. The zero-order valence-corrected chi connectivity index (χ0v) is 16.6. The monoisotopic (exact) mass is 402 g/mol. The molecule has 150 valence electrons. The van der Waals surface area contributed by atoms with Crippen LogP contribution in [0.1, 0.15) is 52.2 Å². The number of nitrogens with zero attached hydrogens (tertiary/aromatic N) is 1. The van der Waals surface area contributed by atoms with Crippen LogP contribution in [0.15, 0.2) is 47.5 Å². The maximum absolute atomic E-state index is 12.5. The van der Waals surface area contributed by atoms with E-state index >= 15 is 0 Å². The average molecular weight is 403 g/mol. The Morgan fingerprint density at radius 2 is 1.89 bits per heavy atom. The summed E-state index contributed by atoms with van der Waals surface area (Å²) >= 11 is 1.39. The van der Waals surface area contributed by atoms with Crippen LogP contribution in [0.25, 0.3) is 0 Å². The number of nitrogens with two attached hydrogens (primary N) is 2. The van der Waals surface area contributed by atoms with Crippen molar-refractivity contribution in [1.82, 2.24) is 5.32 Å². The quantitative estimate of drug-likeness (QED) is 0.275. The highest BCUT2D eigenvalue weighted by molar-refractivity contribution is 7.14. The van der Waals surface area contributed by atoms with Crippen molar-refractivity contribution in [3.63, 3.8) is 0 Å². The number of carbonyl (C=O) groups is 2. The molecule has 1 aromatic carbocycles. The summed E-state index contributed by atoms with van der Waals surface area (Å²) in [6, 6.07) is 12.8. The van der Waals surface area contributed by atoms with E-state index in [2.05, 4.69) is 29.4 Å². The number of hydrogen-bond donors (Lipinski definition) is 4. The first-order chi connectivity index (χ1) is 13.4. The van der Waals surface area contributed by atoms with Gasteiger partial charge >= 0.3 is 5.97 Å². The maximum atomic E-state index is 12.5. The highest BCUT2D eigenvalue weighted by atomic mass is 32.1. The minimum absolute atomic E-state index is 0.0362. The number of rotatable bonds is 10. The largest absolute Gasteiger partial charge is 0.480 e. The smallest absolute Gasteiger partial charge is 0.326 e. The molecular formula is C20H26N4O3S. The molecule has 8 heteroatoms. The van der Waals surface area contributed by atoms with E-state index in [9.17, 15) is 14.7 Å². The Morgan fingerprint density at radius 1 is 1.18 bits per heavy atom. The van der Waals surface area contributed by atoms with Gasteiger partial charge in [-0.15, -0.1) is 11.3 Å². The zero-order valence-electron chi connectivity index (χ0n) is 15.8. The maximum Gasteiger partial charge on any atom is 0.326 e. The summed E-state index contributed by atoms with van der Waals surface area (Å²) in [7, 11) is 0. The summed E-state index contributed by atoms with van der Waals surface area (Å²) in [6.45, 7) is 2.43. The summed E-state index contributed by atoms with van der Waals surface area (Å²) in [5.41, 5.74) is 11.7. The third-order valence-corrected chi connectivity index (χ3v) is 5.55. The molecule has 0 fully saturated rings. The van der Waals surface area contributed by atoms with Crippen LogP contribution in [0, 0.1) is 0 Å². The SMILES string of the molecule is CCC(c1ccccc1)c1ccc(C(=O)N[C@@H](CCCN=C(N)N)C(=O)O)s1. The number of amides is 1. The van der Waals surface area contributed by atoms with Crippen molar-refractivity contribution >= 4 is 29.2 Å². The Labute approximate surface area is 168 Å². The summed E-state index contributed by atoms with van der Waals surface area (Å²) in [4.78, 5) is 29.4. The Morgan fingerprint density at radius 3 is 2.50 bits per heavy atom. The van der Waals surface area contributed by atoms with E-state index in [0.29, 0.717) is 17.8 Å². The number of aliphatic imine (C=N–C) groups is 1. The number of benzene rings is 1. The number of aliphatic carboxylic acids is 1. The van der Waals surface area contributed by atoms with Crippen LogP contribution < -0.4 is 16.8 Å². The van der Waals surface area contributed by atoms with Gasteiger partial charge in [-0.1, -0.05) is 37.3 Å². The van der Waals surface area contributed by atoms with Gasteiger partial charge in [0.15, 0.2) is 5.96 Å². The minimum atomic E-state index is -1.08. The van der Waals surface area contributed by atoms with Gasteiger partial charge in [0.1, 0.15) is 6.04 Å². The van der Waals surface area contributed by atoms with Gasteiger partial charge in [-0.25, -0.2) is 4.79 Å². The van der Waals surface area contributed by atoms with Crippen LogP contribution in [0.2, 0.25) is 0 Å². The minimum Gasteiger partial charge on any atom is -0.480 e. The first-order valence-corrected chi connectivity index (χ1v) is 9.97. The number of hydrogen-bond acceptors (Lipinski definition) is 4. The standard InChI is InChI=1S/C20H26N4O3S/c1-2-14(13-7-4-3-5-8-13)16-10-11-17(28-16)18(25)24-15(19(26)27)9-6-12-23-20(21)22/h3-5,7-8,10-11,14-15H,2,6,9,12H2,1H3,(H,24,25)(H,26,27)(H4,21,22,23)/t14?,15-/m0/s1. The van der Waals surface area contributed by atoms with Crippen LogP contribution in [-0.2, 0) is 4.79 Å². The summed E-state index contributed by atoms with van der Waals surface area (Å²) in [6.07, 6.45) is 1.61. The van der Waals surface area contributed by atoms with Gasteiger partial charge < -0.3 is 21.9 Å².